The Kier molecular flexibility index (Phi) is 3.31. The van der Waals surface area contributed by atoms with Crippen molar-refractivity contribution < 1.29 is 4.74 Å². The predicted octanol–water partition coefficient (Wildman–Crippen LogP) is 2.18. The smallest absolute Gasteiger partial charge is 0.260 e. The molecule has 0 amide bonds. The number of nitrogens with one attached hydrogen (secondary N) is 1. The Labute approximate surface area is 136 Å². The molecule has 0 aliphatic heterocycles. The van der Waals surface area contributed by atoms with Crippen molar-refractivity contribution in [3.05, 3.63) is 65.6 Å². The molecule has 0 bridgehead atoms. The molecular weight excluding hydrogens is 306 g/mol. The van der Waals surface area contributed by atoms with E-state index in [4.69, 9.17) is 4.74 Å². The van der Waals surface area contributed by atoms with Gasteiger partial charge in [-0.25, -0.2) is 15.0 Å². The minimum absolute atomic E-state index is 0.220. The van der Waals surface area contributed by atoms with Crippen molar-refractivity contribution in [2.24, 2.45) is 0 Å². The summed E-state index contributed by atoms with van der Waals surface area (Å²) < 4.78 is 6.90. The Morgan fingerprint density at radius 2 is 1.92 bits per heavy atom. The summed E-state index contributed by atoms with van der Waals surface area (Å²) >= 11 is 0. The molecule has 7 heteroatoms. The summed E-state index contributed by atoms with van der Waals surface area (Å²) in [7, 11) is 1.53. The molecule has 3 heterocycles. The van der Waals surface area contributed by atoms with Crippen molar-refractivity contribution in [1.29, 1.82) is 0 Å². The second-order valence-corrected chi connectivity index (χ2v) is 5.12. The highest BCUT2D eigenvalue weighted by molar-refractivity contribution is 5.93. The Morgan fingerprint density at radius 1 is 1.08 bits per heavy atom. The van der Waals surface area contributed by atoms with E-state index < -0.39 is 0 Å². The molecule has 0 saturated heterocycles. The Bertz CT molecular complexity index is 1050. The van der Waals surface area contributed by atoms with Gasteiger partial charge in [0, 0.05) is 17.4 Å². The van der Waals surface area contributed by atoms with E-state index in [0.717, 1.165) is 5.69 Å². The minimum Gasteiger partial charge on any atom is -0.480 e. The van der Waals surface area contributed by atoms with E-state index >= 15 is 0 Å². The maximum atomic E-state index is 12.4. The molecule has 0 saturated carbocycles. The van der Waals surface area contributed by atoms with Crippen LogP contribution in [-0.2, 0) is 0 Å². The number of hydrogen-bond donors (Lipinski definition) is 1. The van der Waals surface area contributed by atoms with Gasteiger partial charge in [-0.2, -0.15) is 0 Å². The maximum Gasteiger partial charge on any atom is 0.260 e. The molecular formula is C17H13N5O2. The van der Waals surface area contributed by atoms with E-state index in [1.54, 1.807) is 6.20 Å². The number of aromatic nitrogens is 5. The fourth-order valence-electron chi connectivity index (χ4n) is 2.61. The zero-order chi connectivity index (χ0) is 16.5. The van der Waals surface area contributed by atoms with Crippen LogP contribution in [0.1, 0.15) is 0 Å². The van der Waals surface area contributed by atoms with Crippen LogP contribution in [0.5, 0.6) is 5.88 Å². The van der Waals surface area contributed by atoms with Gasteiger partial charge in [0.1, 0.15) is 0 Å². The topological polar surface area (TPSA) is 85.7 Å². The third kappa shape index (κ3) is 2.23. The number of para-hydroxylation sites is 1. The molecule has 1 N–H and O–H groups in total. The van der Waals surface area contributed by atoms with E-state index in [2.05, 4.69) is 19.9 Å². The maximum absolute atomic E-state index is 12.4. The SMILES string of the molecule is COc1cnc(-c2cn(-c3ccccc3)c3nc[nH]c(=O)c23)cn1. The van der Waals surface area contributed by atoms with Crippen molar-refractivity contribution in [2.45, 2.75) is 0 Å². The molecule has 0 aliphatic rings. The summed E-state index contributed by atoms with van der Waals surface area (Å²) in [4.78, 5) is 27.8. The first-order valence-corrected chi connectivity index (χ1v) is 7.28. The zero-order valence-corrected chi connectivity index (χ0v) is 12.8. The van der Waals surface area contributed by atoms with Crippen molar-refractivity contribution in [3.8, 4) is 22.8 Å². The van der Waals surface area contributed by atoms with Gasteiger partial charge in [-0.05, 0) is 12.1 Å². The van der Waals surface area contributed by atoms with Crippen LogP contribution in [0.15, 0.2) is 60.0 Å². The van der Waals surface area contributed by atoms with Crippen LogP contribution < -0.4 is 10.3 Å². The molecule has 24 heavy (non-hydrogen) atoms. The summed E-state index contributed by atoms with van der Waals surface area (Å²) in [5.74, 6) is 0.414. The molecule has 0 atom stereocenters. The quantitative estimate of drug-likeness (QED) is 0.625. The van der Waals surface area contributed by atoms with Crippen LogP contribution >= 0.6 is 0 Å². The number of nitrogens with zero attached hydrogens (tertiary/aromatic N) is 4. The van der Waals surface area contributed by atoms with Gasteiger partial charge >= 0.3 is 0 Å². The zero-order valence-electron chi connectivity index (χ0n) is 12.8. The van der Waals surface area contributed by atoms with Gasteiger partial charge in [0.2, 0.25) is 5.88 Å². The number of ether oxygens (including phenoxy) is 1. The van der Waals surface area contributed by atoms with Crippen LogP contribution in [-0.4, -0.2) is 31.6 Å². The molecule has 118 valence electrons. The average Bonchev–Trinajstić information content (AvgIpc) is 3.04. The highest BCUT2D eigenvalue weighted by Gasteiger charge is 2.16. The largest absolute Gasteiger partial charge is 0.480 e. The van der Waals surface area contributed by atoms with E-state index in [1.165, 1.54) is 19.6 Å². The lowest BCUT2D eigenvalue weighted by Gasteiger charge is -2.03. The van der Waals surface area contributed by atoms with Crippen molar-refractivity contribution in [2.75, 3.05) is 7.11 Å². The number of H-pyrrole nitrogens is 1. The number of benzene rings is 1. The number of methoxy groups -OCH3 is 1. The van der Waals surface area contributed by atoms with Gasteiger partial charge in [0.25, 0.3) is 5.56 Å². The van der Waals surface area contributed by atoms with Gasteiger partial charge < -0.3 is 14.3 Å². The van der Waals surface area contributed by atoms with Crippen molar-refractivity contribution in [1.82, 2.24) is 24.5 Å². The third-order valence-electron chi connectivity index (χ3n) is 3.74. The lowest BCUT2D eigenvalue weighted by Crippen LogP contribution is -2.07. The average molecular weight is 319 g/mol. The van der Waals surface area contributed by atoms with Crippen LogP contribution in [0.3, 0.4) is 0 Å². The highest BCUT2D eigenvalue weighted by Crippen LogP contribution is 2.28. The molecule has 7 nitrogen and oxygen atoms in total. The van der Waals surface area contributed by atoms with E-state index in [-0.39, 0.29) is 5.56 Å². The van der Waals surface area contributed by atoms with E-state index in [0.29, 0.717) is 28.2 Å². The van der Waals surface area contributed by atoms with Gasteiger partial charge in [0.05, 0.1) is 36.9 Å². The van der Waals surface area contributed by atoms with Gasteiger partial charge in [-0.15, -0.1) is 0 Å². The van der Waals surface area contributed by atoms with Crippen LogP contribution in [0.25, 0.3) is 28.0 Å². The van der Waals surface area contributed by atoms with Crippen LogP contribution in [0.2, 0.25) is 0 Å². The Balaban J connectivity index is 2.00. The lowest BCUT2D eigenvalue weighted by atomic mass is 10.2. The summed E-state index contributed by atoms with van der Waals surface area (Å²) in [5, 5.41) is 0.473. The third-order valence-corrected chi connectivity index (χ3v) is 3.74. The standard InChI is InChI=1S/C17H13N5O2/c1-24-14-8-18-13(7-19-14)12-9-22(11-5-3-2-4-6-11)16-15(12)17(23)21-10-20-16/h2-10H,1H3,(H,20,21,23). The minimum atomic E-state index is -0.220. The first-order chi connectivity index (χ1) is 11.8. The molecule has 0 fully saturated rings. The monoisotopic (exact) mass is 319 g/mol. The molecule has 3 aromatic heterocycles. The summed E-state index contributed by atoms with van der Waals surface area (Å²) in [6, 6.07) is 9.70. The fraction of sp³-hybridized carbons (Fsp3) is 0.0588. The molecule has 0 spiro atoms. The van der Waals surface area contributed by atoms with Crippen LogP contribution in [0, 0.1) is 0 Å². The first-order valence-electron chi connectivity index (χ1n) is 7.28. The lowest BCUT2D eigenvalue weighted by molar-refractivity contribution is 0.396. The molecule has 1 aromatic carbocycles. The summed E-state index contributed by atoms with van der Waals surface area (Å²) in [5.41, 5.74) is 2.50. The van der Waals surface area contributed by atoms with E-state index in [1.807, 2.05) is 41.1 Å². The molecule has 0 aliphatic carbocycles. The predicted molar refractivity (Wildman–Crippen MR) is 89.3 cm³/mol. The molecule has 0 unspecified atom stereocenters. The van der Waals surface area contributed by atoms with Crippen molar-refractivity contribution in [3.63, 3.8) is 0 Å². The van der Waals surface area contributed by atoms with Gasteiger partial charge in [0.15, 0.2) is 5.65 Å². The van der Waals surface area contributed by atoms with Crippen LogP contribution in [0.4, 0.5) is 0 Å². The second-order valence-electron chi connectivity index (χ2n) is 5.12. The van der Waals surface area contributed by atoms with Crippen molar-refractivity contribution >= 4 is 11.0 Å². The normalized spacial score (nSPS) is 10.9. The Hall–Kier alpha value is -3.48. The van der Waals surface area contributed by atoms with E-state index in [9.17, 15) is 4.79 Å². The second kappa shape index (κ2) is 5.62. The Morgan fingerprint density at radius 3 is 2.62 bits per heavy atom. The summed E-state index contributed by atoms with van der Waals surface area (Å²) in [6.07, 6.45) is 6.34. The summed E-state index contributed by atoms with van der Waals surface area (Å²) in [6.45, 7) is 0. The number of aromatic amines is 1. The number of fused-ring (bicyclic) bond motifs is 1. The fourth-order valence-corrected chi connectivity index (χ4v) is 2.61. The molecule has 4 aromatic rings. The first kappa shape index (κ1) is 14.1. The highest BCUT2D eigenvalue weighted by atomic mass is 16.5. The number of hydrogen-bond acceptors (Lipinski definition) is 5. The number of rotatable bonds is 3. The molecule has 0 radical (unpaired) electrons. The van der Waals surface area contributed by atoms with Gasteiger partial charge in [-0.1, -0.05) is 18.2 Å². The molecule has 4 rings (SSSR count). The van der Waals surface area contributed by atoms with Gasteiger partial charge in [-0.3, -0.25) is 4.79 Å².